The maximum atomic E-state index is 12.3. The van der Waals surface area contributed by atoms with Gasteiger partial charge in [0.05, 0.1) is 5.02 Å². The number of hydrogen-bond acceptors (Lipinski definition) is 2. The molecule has 2 aromatic rings. The van der Waals surface area contributed by atoms with Gasteiger partial charge in [-0.2, -0.15) is 0 Å². The third kappa shape index (κ3) is 3.66. The largest absolute Gasteiger partial charge is 0.280 e. The zero-order valence-electron chi connectivity index (χ0n) is 10.3. The van der Waals surface area contributed by atoms with E-state index >= 15 is 0 Å². The maximum absolute atomic E-state index is 12.3. The average molecular weight is 487 g/mol. The molecule has 2 aromatic carbocycles. The van der Waals surface area contributed by atoms with E-state index in [1.807, 2.05) is 13.0 Å². The lowest BCUT2D eigenvalue weighted by atomic mass is 10.2. The molecule has 20 heavy (non-hydrogen) atoms. The number of halogens is 3. The van der Waals surface area contributed by atoms with Crippen LogP contribution >= 0.6 is 50.1 Å². The van der Waals surface area contributed by atoms with Crippen LogP contribution in [0.1, 0.15) is 5.56 Å². The Bertz CT molecular complexity index is 765. The Morgan fingerprint density at radius 3 is 2.50 bits per heavy atom. The number of benzene rings is 2. The van der Waals surface area contributed by atoms with Crippen molar-refractivity contribution in [3.63, 3.8) is 0 Å². The first-order valence-corrected chi connectivity index (χ1v) is 9.27. The minimum atomic E-state index is -3.70. The first-order valence-electron chi connectivity index (χ1n) is 5.53. The molecule has 0 aliphatic heterocycles. The second-order valence-electron chi connectivity index (χ2n) is 4.14. The SMILES string of the molecule is Cc1ccc(NS(=O)(=O)c2ccc(Br)cc2Cl)cc1I. The molecule has 0 amide bonds. The van der Waals surface area contributed by atoms with E-state index in [0.29, 0.717) is 5.69 Å². The van der Waals surface area contributed by atoms with Gasteiger partial charge in [0.1, 0.15) is 4.90 Å². The second kappa shape index (κ2) is 6.21. The summed E-state index contributed by atoms with van der Waals surface area (Å²) in [5.74, 6) is 0. The molecule has 0 radical (unpaired) electrons. The summed E-state index contributed by atoms with van der Waals surface area (Å²) in [6, 6.07) is 10.0. The van der Waals surface area contributed by atoms with Gasteiger partial charge in [-0.15, -0.1) is 0 Å². The normalized spacial score (nSPS) is 11.4. The smallest absolute Gasteiger partial charge is 0.263 e. The second-order valence-corrected chi connectivity index (χ2v) is 8.28. The fourth-order valence-electron chi connectivity index (χ4n) is 1.56. The molecule has 0 aliphatic rings. The fraction of sp³-hybridized carbons (Fsp3) is 0.0769. The maximum Gasteiger partial charge on any atom is 0.263 e. The van der Waals surface area contributed by atoms with Gasteiger partial charge in [-0.05, 0) is 65.4 Å². The first kappa shape index (κ1) is 16.1. The molecule has 0 heterocycles. The molecule has 0 unspecified atom stereocenters. The number of rotatable bonds is 3. The molecule has 0 aromatic heterocycles. The van der Waals surface area contributed by atoms with Crippen molar-refractivity contribution in [2.45, 2.75) is 11.8 Å². The van der Waals surface area contributed by atoms with Crippen LogP contribution in [0.3, 0.4) is 0 Å². The summed E-state index contributed by atoms with van der Waals surface area (Å²) in [6.07, 6.45) is 0. The van der Waals surface area contributed by atoms with Crippen molar-refractivity contribution < 1.29 is 8.42 Å². The van der Waals surface area contributed by atoms with E-state index in [1.54, 1.807) is 24.3 Å². The van der Waals surface area contributed by atoms with Crippen LogP contribution in [0, 0.1) is 10.5 Å². The molecule has 0 aliphatic carbocycles. The van der Waals surface area contributed by atoms with Gasteiger partial charge in [-0.3, -0.25) is 4.72 Å². The quantitative estimate of drug-likeness (QED) is 0.633. The van der Waals surface area contributed by atoms with Crippen molar-refractivity contribution in [2.75, 3.05) is 4.72 Å². The summed E-state index contributed by atoms with van der Waals surface area (Å²) in [5.41, 5.74) is 1.61. The van der Waals surface area contributed by atoms with E-state index in [2.05, 4.69) is 43.2 Å². The molecule has 106 valence electrons. The predicted molar refractivity (Wildman–Crippen MR) is 93.9 cm³/mol. The van der Waals surface area contributed by atoms with Crippen LogP contribution in [-0.2, 0) is 10.0 Å². The van der Waals surface area contributed by atoms with Gasteiger partial charge in [0.2, 0.25) is 0 Å². The van der Waals surface area contributed by atoms with Crippen molar-refractivity contribution in [3.8, 4) is 0 Å². The number of aryl methyl sites for hydroxylation is 1. The lowest BCUT2D eigenvalue weighted by Crippen LogP contribution is -2.13. The van der Waals surface area contributed by atoms with E-state index in [0.717, 1.165) is 13.6 Å². The van der Waals surface area contributed by atoms with E-state index < -0.39 is 10.0 Å². The number of hydrogen-bond donors (Lipinski definition) is 1. The topological polar surface area (TPSA) is 46.2 Å². The molecule has 0 bridgehead atoms. The van der Waals surface area contributed by atoms with Crippen molar-refractivity contribution in [2.24, 2.45) is 0 Å². The van der Waals surface area contributed by atoms with Crippen LogP contribution in [0.15, 0.2) is 45.8 Å². The Labute approximate surface area is 145 Å². The molecular formula is C13H10BrClINO2S. The third-order valence-corrected chi connectivity index (χ3v) is 6.13. The zero-order valence-corrected chi connectivity index (χ0v) is 15.6. The van der Waals surface area contributed by atoms with Crippen LogP contribution in [0.25, 0.3) is 0 Å². The van der Waals surface area contributed by atoms with Crippen LogP contribution in [0.4, 0.5) is 5.69 Å². The molecule has 0 spiro atoms. The van der Waals surface area contributed by atoms with Crippen LogP contribution in [-0.4, -0.2) is 8.42 Å². The van der Waals surface area contributed by atoms with Gasteiger partial charge >= 0.3 is 0 Å². The Morgan fingerprint density at radius 1 is 1.20 bits per heavy atom. The third-order valence-electron chi connectivity index (χ3n) is 2.61. The van der Waals surface area contributed by atoms with E-state index in [4.69, 9.17) is 11.6 Å². The standard InChI is InChI=1S/C13H10BrClINO2S/c1-8-2-4-10(7-12(8)16)17-20(18,19)13-5-3-9(14)6-11(13)15/h2-7,17H,1H3. The number of nitrogens with one attached hydrogen (secondary N) is 1. The van der Waals surface area contributed by atoms with Gasteiger partial charge in [-0.1, -0.05) is 33.6 Å². The van der Waals surface area contributed by atoms with E-state index in [9.17, 15) is 8.42 Å². The minimum Gasteiger partial charge on any atom is -0.280 e. The van der Waals surface area contributed by atoms with Gasteiger partial charge < -0.3 is 0 Å². The average Bonchev–Trinajstić information content (AvgIpc) is 2.33. The molecular weight excluding hydrogens is 476 g/mol. The molecule has 1 N–H and O–H groups in total. The Kier molecular flexibility index (Phi) is 4.99. The number of sulfonamides is 1. The fourth-order valence-corrected chi connectivity index (χ4v) is 4.16. The first-order chi connectivity index (χ1) is 9.29. The highest BCUT2D eigenvalue weighted by Crippen LogP contribution is 2.27. The molecule has 0 atom stereocenters. The molecule has 7 heteroatoms. The summed E-state index contributed by atoms with van der Waals surface area (Å²) in [7, 11) is -3.70. The molecule has 0 fully saturated rings. The van der Waals surface area contributed by atoms with Gasteiger partial charge in [0.25, 0.3) is 10.0 Å². The van der Waals surface area contributed by atoms with E-state index in [-0.39, 0.29) is 9.92 Å². The summed E-state index contributed by atoms with van der Waals surface area (Å²) < 4.78 is 28.9. The monoisotopic (exact) mass is 485 g/mol. The van der Waals surface area contributed by atoms with Gasteiger partial charge in [-0.25, -0.2) is 8.42 Å². The molecule has 0 saturated heterocycles. The van der Waals surface area contributed by atoms with Crippen molar-refractivity contribution in [1.82, 2.24) is 0 Å². The Balaban J connectivity index is 2.38. The van der Waals surface area contributed by atoms with Crippen molar-refractivity contribution in [1.29, 1.82) is 0 Å². The van der Waals surface area contributed by atoms with Gasteiger partial charge in [0.15, 0.2) is 0 Å². The minimum absolute atomic E-state index is 0.0537. The lowest BCUT2D eigenvalue weighted by molar-refractivity contribution is 0.601. The zero-order chi connectivity index (χ0) is 14.9. The Hall–Kier alpha value is -0.310. The van der Waals surface area contributed by atoms with E-state index in [1.165, 1.54) is 6.07 Å². The molecule has 0 saturated carbocycles. The summed E-state index contributed by atoms with van der Waals surface area (Å²) in [4.78, 5) is 0.0537. The van der Waals surface area contributed by atoms with Crippen LogP contribution < -0.4 is 4.72 Å². The van der Waals surface area contributed by atoms with Crippen molar-refractivity contribution >= 4 is 65.8 Å². The summed E-state index contributed by atoms with van der Waals surface area (Å²) >= 11 is 11.4. The summed E-state index contributed by atoms with van der Waals surface area (Å²) in [5, 5.41) is 0.175. The summed E-state index contributed by atoms with van der Waals surface area (Å²) in [6.45, 7) is 1.96. The van der Waals surface area contributed by atoms with Crippen molar-refractivity contribution in [3.05, 3.63) is 55.0 Å². The highest BCUT2D eigenvalue weighted by molar-refractivity contribution is 14.1. The predicted octanol–water partition coefficient (Wildman–Crippen LogP) is 4.82. The number of anilines is 1. The molecule has 2 rings (SSSR count). The van der Waals surface area contributed by atoms with Gasteiger partial charge in [0, 0.05) is 13.7 Å². The lowest BCUT2D eigenvalue weighted by Gasteiger charge is -2.10. The van der Waals surface area contributed by atoms with Crippen LogP contribution in [0.5, 0.6) is 0 Å². The van der Waals surface area contributed by atoms with Crippen LogP contribution in [0.2, 0.25) is 5.02 Å². The molecule has 3 nitrogen and oxygen atoms in total. The Morgan fingerprint density at radius 2 is 1.90 bits per heavy atom. The highest BCUT2D eigenvalue weighted by Gasteiger charge is 2.18. The highest BCUT2D eigenvalue weighted by atomic mass is 127.